The first kappa shape index (κ1) is 22.4. The lowest BCUT2D eigenvalue weighted by Crippen LogP contribution is -3.16. The fourth-order valence-corrected chi connectivity index (χ4v) is 3.59. The standard InChI is InChI=1S/C23H30N4O4/c1-3-30-20-11-10-18(16-21(20)31-4-2)24-23(29)25-22(28)17-26-12-14-27(15-13-26)19-8-6-5-7-9-19/h5-11,16H,3-4,12-15,17H2,1-2H3,(H2,24,25,28,29)/p+1. The second-order valence-corrected chi connectivity index (χ2v) is 7.28. The van der Waals surface area contributed by atoms with Gasteiger partial charge in [-0.25, -0.2) is 4.79 Å². The van der Waals surface area contributed by atoms with Gasteiger partial charge in [0.05, 0.1) is 39.4 Å². The Kier molecular flexibility index (Phi) is 8.12. The summed E-state index contributed by atoms with van der Waals surface area (Å²) in [6.07, 6.45) is 0. The Labute approximate surface area is 183 Å². The second-order valence-electron chi connectivity index (χ2n) is 7.28. The number of imide groups is 1. The van der Waals surface area contributed by atoms with Crippen LogP contribution >= 0.6 is 0 Å². The molecular formula is C23H31N4O4+. The Hall–Kier alpha value is -3.26. The van der Waals surface area contributed by atoms with Gasteiger partial charge in [-0.05, 0) is 38.1 Å². The van der Waals surface area contributed by atoms with Crippen LogP contribution in [-0.2, 0) is 4.79 Å². The minimum Gasteiger partial charge on any atom is -0.490 e. The summed E-state index contributed by atoms with van der Waals surface area (Å²) in [5, 5.41) is 5.10. The van der Waals surface area contributed by atoms with E-state index in [4.69, 9.17) is 9.47 Å². The molecule has 8 heteroatoms. The quantitative estimate of drug-likeness (QED) is 0.595. The highest BCUT2D eigenvalue weighted by Crippen LogP contribution is 2.30. The molecule has 0 aliphatic carbocycles. The van der Waals surface area contributed by atoms with E-state index >= 15 is 0 Å². The van der Waals surface area contributed by atoms with Gasteiger partial charge in [0.25, 0.3) is 5.91 Å². The molecule has 3 rings (SSSR count). The van der Waals surface area contributed by atoms with Gasteiger partial charge in [0, 0.05) is 17.4 Å². The van der Waals surface area contributed by atoms with E-state index in [0.29, 0.717) is 30.4 Å². The maximum atomic E-state index is 12.3. The third-order valence-corrected chi connectivity index (χ3v) is 5.06. The summed E-state index contributed by atoms with van der Waals surface area (Å²) in [6, 6.07) is 14.8. The Morgan fingerprint density at radius 1 is 0.968 bits per heavy atom. The third-order valence-electron chi connectivity index (χ3n) is 5.06. The molecule has 31 heavy (non-hydrogen) atoms. The van der Waals surface area contributed by atoms with Gasteiger partial charge in [0.15, 0.2) is 18.0 Å². The van der Waals surface area contributed by atoms with Gasteiger partial charge in [-0.1, -0.05) is 18.2 Å². The number of rotatable bonds is 8. The molecule has 3 N–H and O–H groups in total. The van der Waals surface area contributed by atoms with Gasteiger partial charge in [0.1, 0.15) is 0 Å². The highest BCUT2D eigenvalue weighted by molar-refractivity contribution is 6.01. The number of hydrogen-bond donors (Lipinski definition) is 3. The van der Waals surface area contributed by atoms with Gasteiger partial charge in [-0.3, -0.25) is 10.1 Å². The van der Waals surface area contributed by atoms with Crippen molar-refractivity contribution < 1.29 is 24.0 Å². The SMILES string of the molecule is CCOc1ccc(NC(=O)NC(=O)C[NH+]2CCN(c3ccccc3)CC2)cc1OCC. The molecule has 0 unspecified atom stereocenters. The van der Waals surface area contributed by atoms with Crippen LogP contribution in [0.15, 0.2) is 48.5 Å². The van der Waals surface area contributed by atoms with Gasteiger partial charge in [-0.15, -0.1) is 0 Å². The van der Waals surface area contributed by atoms with Crippen molar-refractivity contribution in [2.45, 2.75) is 13.8 Å². The van der Waals surface area contributed by atoms with Crippen LogP contribution in [0.5, 0.6) is 11.5 Å². The van der Waals surface area contributed by atoms with E-state index in [-0.39, 0.29) is 12.5 Å². The number of hydrogen-bond acceptors (Lipinski definition) is 5. The molecule has 0 radical (unpaired) electrons. The predicted molar refractivity (Wildman–Crippen MR) is 120 cm³/mol. The van der Waals surface area contributed by atoms with Crippen molar-refractivity contribution in [3.63, 3.8) is 0 Å². The smallest absolute Gasteiger partial charge is 0.326 e. The van der Waals surface area contributed by atoms with E-state index in [1.54, 1.807) is 18.2 Å². The molecule has 0 spiro atoms. The summed E-state index contributed by atoms with van der Waals surface area (Å²) in [5.74, 6) is 0.871. The molecule has 1 aliphatic heterocycles. The zero-order valence-electron chi connectivity index (χ0n) is 18.1. The zero-order valence-corrected chi connectivity index (χ0v) is 18.1. The fourth-order valence-electron chi connectivity index (χ4n) is 3.59. The maximum absolute atomic E-state index is 12.3. The molecule has 0 bridgehead atoms. The molecule has 1 aliphatic rings. The normalized spacial score (nSPS) is 14.1. The van der Waals surface area contributed by atoms with E-state index in [1.165, 1.54) is 5.69 Å². The lowest BCUT2D eigenvalue weighted by molar-refractivity contribution is -0.892. The van der Waals surface area contributed by atoms with Crippen LogP contribution in [0.1, 0.15) is 13.8 Å². The van der Waals surface area contributed by atoms with Gasteiger partial charge in [0.2, 0.25) is 0 Å². The number of carbonyl (C=O) groups excluding carboxylic acids is 2. The molecular weight excluding hydrogens is 396 g/mol. The number of nitrogens with one attached hydrogen (secondary N) is 3. The maximum Gasteiger partial charge on any atom is 0.326 e. The first-order valence-electron chi connectivity index (χ1n) is 10.7. The Morgan fingerprint density at radius 3 is 2.32 bits per heavy atom. The van der Waals surface area contributed by atoms with Gasteiger partial charge in [-0.2, -0.15) is 0 Å². The summed E-state index contributed by atoms with van der Waals surface area (Å²) in [5.41, 5.74) is 1.73. The van der Waals surface area contributed by atoms with Crippen molar-refractivity contribution in [3.8, 4) is 11.5 Å². The molecule has 8 nitrogen and oxygen atoms in total. The number of para-hydroxylation sites is 1. The lowest BCUT2D eigenvalue weighted by atomic mass is 10.2. The predicted octanol–water partition coefficient (Wildman–Crippen LogP) is 1.54. The number of quaternary nitrogens is 1. The summed E-state index contributed by atoms with van der Waals surface area (Å²) in [6.45, 7) is 8.49. The van der Waals surface area contributed by atoms with E-state index in [9.17, 15) is 9.59 Å². The first-order chi connectivity index (χ1) is 15.1. The van der Waals surface area contributed by atoms with E-state index in [2.05, 4.69) is 27.7 Å². The topological polar surface area (TPSA) is 84.3 Å². The number of urea groups is 1. The van der Waals surface area contributed by atoms with Crippen molar-refractivity contribution >= 4 is 23.3 Å². The molecule has 2 aromatic carbocycles. The third kappa shape index (κ3) is 6.62. The van der Waals surface area contributed by atoms with Crippen LogP contribution in [0.25, 0.3) is 0 Å². The monoisotopic (exact) mass is 427 g/mol. The summed E-state index contributed by atoms with van der Waals surface area (Å²) < 4.78 is 11.1. The molecule has 0 saturated carbocycles. The number of carbonyl (C=O) groups is 2. The van der Waals surface area contributed by atoms with Crippen LogP contribution < -0.4 is 29.9 Å². The van der Waals surface area contributed by atoms with Gasteiger partial charge >= 0.3 is 6.03 Å². The Balaban J connectivity index is 1.45. The number of anilines is 2. The first-order valence-corrected chi connectivity index (χ1v) is 10.7. The molecule has 0 aromatic heterocycles. The highest BCUT2D eigenvalue weighted by atomic mass is 16.5. The average molecular weight is 428 g/mol. The number of nitrogens with zero attached hydrogens (tertiary/aromatic N) is 1. The van der Waals surface area contributed by atoms with E-state index in [1.807, 2.05) is 32.0 Å². The molecule has 1 saturated heterocycles. The van der Waals surface area contributed by atoms with E-state index < -0.39 is 6.03 Å². The molecule has 2 aromatic rings. The van der Waals surface area contributed by atoms with Crippen LogP contribution in [0, 0.1) is 0 Å². The lowest BCUT2D eigenvalue weighted by Gasteiger charge is -2.33. The summed E-state index contributed by atoms with van der Waals surface area (Å²) >= 11 is 0. The summed E-state index contributed by atoms with van der Waals surface area (Å²) in [7, 11) is 0. The Morgan fingerprint density at radius 2 is 1.65 bits per heavy atom. The molecule has 0 atom stereocenters. The minimum absolute atomic E-state index is 0.267. The number of amides is 3. The van der Waals surface area contributed by atoms with Crippen LogP contribution in [-0.4, -0.2) is 57.9 Å². The van der Waals surface area contributed by atoms with Crippen molar-refractivity contribution in [3.05, 3.63) is 48.5 Å². The molecule has 3 amide bonds. The number of benzene rings is 2. The summed E-state index contributed by atoms with van der Waals surface area (Å²) in [4.78, 5) is 28.0. The van der Waals surface area contributed by atoms with Crippen LogP contribution in [0.2, 0.25) is 0 Å². The molecule has 1 heterocycles. The average Bonchev–Trinajstić information content (AvgIpc) is 2.77. The van der Waals surface area contributed by atoms with Crippen LogP contribution in [0.4, 0.5) is 16.2 Å². The molecule has 1 fully saturated rings. The van der Waals surface area contributed by atoms with Gasteiger partial charge < -0.3 is 24.6 Å². The second kappa shape index (κ2) is 11.2. The van der Waals surface area contributed by atoms with Crippen molar-refractivity contribution in [2.75, 3.05) is 56.2 Å². The Bertz CT molecular complexity index is 867. The molecule has 166 valence electrons. The van der Waals surface area contributed by atoms with Crippen molar-refractivity contribution in [2.24, 2.45) is 0 Å². The number of ether oxygens (including phenoxy) is 2. The fraction of sp³-hybridized carbons (Fsp3) is 0.391. The minimum atomic E-state index is -0.557. The van der Waals surface area contributed by atoms with Crippen LogP contribution in [0.3, 0.4) is 0 Å². The zero-order chi connectivity index (χ0) is 22.1. The largest absolute Gasteiger partial charge is 0.490 e. The number of piperazine rings is 1. The van der Waals surface area contributed by atoms with Crippen molar-refractivity contribution in [1.29, 1.82) is 0 Å². The van der Waals surface area contributed by atoms with E-state index in [0.717, 1.165) is 31.1 Å². The highest BCUT2D eigenvalue weighted by Gasteiger charge is 2.23. The van der Waals surface area contributed by atoms with Crippen molar-refractivity contribution in [1.82, 2.24) is 5.32 Å².